The highest BCUT2D eigenvalue weighted by molar-refractivity contribution is 5.74. The zero-order valence-electron chi connectivity index (χ0n) is 19.0. The third-order valence-corrected chi connectivity index (χ3v) is 6.88. The fraction of sp³-hybridized carbons (Fsp3) is 0.652. The van der Waals surface area contributed by atoms with Crippen molar-refractivity contribution in [3.63, 3.8) is 0 Å². The summed E-state index contributed by atoms with van der Waals surface area (Å²) in [7, 11) is 1.92. The van der Waals surface area contributed by atoms with Crippen molar-refractivity contribution in [3.8, 4) is 11.4 Å². The molecule has 0 radical (unpaired) electrons. The second kappa shape index (κ2) is 9.66. The second-order valence-electron chi connectivity index (χ2n) is 9.03. The lowest BCUT2D eigenvalue weighted by molar-refractivity contribution is 0.229. The number of aryl methyl sites for hydroxylation is 1. The molecule has 2 aromatic rings. The van der Waals surface area contributed by atoms with Crippen LogP contribution >= 0.6 is 0 Å². The molecule has 2 amide bonds. The van der Waals surface area contributed by atoms with Crippen molar-refractivity contribution in [1.29, 1.82) is 0 Å². The number of nitrogens with one attached hydrogen (secondary N) is 2. The van der Waals surface area contributed by atoms with E-state index < -0.39 is 0 Å². The first-order valence-electron chi connectivity index (χ1n) is 11.7. The molecule has 2 aromatic heterocycles. The van der Waals surface area contributed by atoms with Gasteiger partial charge >= 0.3 is 6.03 Å². The maximum Gasteiger partial charge on any atom is 0.315 e. The Morgan fingerprint density at radius 3 is 2.19 bits per heavy atom. The fourth-order valence-electron chi connectivity index (χ4n) is 4.81. The van der Waals surface area contributed by atoms with Crippen LogP contribution in [-0.2, 0) is 7.05 Å². The van der Waals surface area contributed by atoms with Gasteiger partial charge in [-0.25, -0.2) is 4.79 Å². The zero-order valence-corrected chi connectivity index (χ0v) is 19.0. The van der Waals surface area contributed by atoms with E-state index in [0.29, 0.717) is 6.04 Å². The Balaban J connectivity index is 1.33. The van der Waals surface area contributed by atoms with Crippen LogP contribution in [0.2, 0.25) is 0 Å². The molecule has 1 saturated carbocycles. The van der Waals surface area contributed by atoms with Gasteiger partial charge in [0.05, 0.1) is 5.69 Å². The normalized spacial score (nSPS) is 18.6. The number of rotatable bonds is 4. The van der Waals surface area contributed by atoms with Crippen molar-refractivity contribution in [2.24, 2.45) is 7.05 Å². The molecular weight excluding hydrogens is 390 g/mol. The molecule has 1 aliphatic heterocycles. The van der Waals surface area contributed by atoms with Crippen LogP contribution in [0.4, 0.5) is 10.6 Å². The molecule has 8 nitrogen and oxygen atoms in total. The summed E-state index contributed by atoms with van der Waals surface area (Å²) in [5.41, 5.74) is 4.15. The summed E-state index contributed by atoms with van der Waals surface area (Å²) in [6, 6.07) is 2.51. The number of hydrogen-bond acceptors (Lipinski definition) is 5. The number of nitrogens with zero attached hydrogens (tertiary/aromatic N) is 5. The van der Waals surface area contributed by atoms with Crippen LogP contribution in [0.5, 0.6) is 0 Å². The largest absolute Gasteiger partial charge is 0.355 e. The van der Waals surface area contributed by atoms with E-state index in [-0.39, 0.29) is 12.1 Å². The number of amides is 2. The van der Waals surface area contributed by atoms with E-state index in [2.05, 4.69) is 44.7 Å². The molecule has 3 heterocycles. The Labute approximate surface area is 184 Å². The van der Waals surface area contributed by atoms with Crippen LogP contribution in [-0.4, -0.2) is 51.2 Å². The van der Waals surface area contributed by atoms with E-state index >= 15 is 0 Å². The van der Waals surface area contributed by atoms with Gasteiger partial charge in [0.1, 0.15) is 5.69 Å². The summed E-state index contributed by atoms with van der Waals surface area (Å²) in [6.45, 7) is 5.95. The third kappa shape index (κ3) is 4.99. The van der Waals surface area contributed by atoms with Gasteiger partial charge in [-0.05, 0) is 56.7 Å². The van der Waals surface area contributed by atoms with E-state index in [1.165, 1.54) is 25.7 Å². The summed E-state index contributed by atoms with van der Waals surface area (Å²) >= 11 is 0. The van der Waals surface area contributed by atoms with Crippen LogP contribution < -0.4 is 15.5 Å². The van der Waals surface area contributed by atoms with Crippen LogP contribution in [0, 0.1) is 13.8 Å². The van der Waals surface area contributed by atoms with Gasteiger partial charge in [0.25, 0.3) is 0 Å². The first-order chi connectivity index (χ1) is 15.0. The molecule has 2 aliphatic rings. The lowest BCUT2D eigenvalue weighted by atomic mass is 10.0. The highest BCUT2D eigenvalue weighted by atomic mass is 16.2. The molecule has 0 unspecified atom stereocenters. The summed E-state index contributed by atoms with van der Waals surface area (Å²) in [5.74, 6) is 0.949. The van der Waals surface area contributed by atoms with Gasteiger partial charge < -0.3 is 15.5 Å². The molecule has 0 bridgehead atoms. The molecule has 1 aliphatic carbocycles. The Hall–Kier alpha value is -2.64. The molecular formula is C23H35N7O. The number of carbonyl (C=O) groups is 1. The minimum Gasteiger partial charge on any atom is -0.355 e. The predicted octanol–water partition coefficient (Wildman–Crippen LogP) is 3.48. The quantitative estimate of drug-likeness (QED) is 0.732. The number of anilines is 1. The molecule has 4 rings (SSSR count). The lowest BCUT2D eigenvalue weighted by Gasteiger charge is -2.34. The van der Waals surface area contributed by atoms with Crippen molar-refractivity contribution in [2.45, 2.75) is 77.3 Å². The molecule has 168 valence electrons. The number of piperidine rings is 1. The van der Waals surface area contributed by atoms with Crippen molar-refractivity contribution >= 4 is 11.8 Å². The van der Waals surface area contributed by atoms with E-state index in [4.69, 9.17) is 0 Å². The summed E-state index contributed by atoms with van der Waals surface area (Å²) < 4.78 is 1.83. The Bertz CT molecular complexity index is 893. The van der Waals surface area contributed by atoms with Gasteiger partial charge in [0.2, 0.25) is 0 Å². The maximum absolute atomic E-state index is 12.5. The van der Waals surface area contributed by atoms with Gasteiger partial charge in [-0.15, -0.1) is 10.2 Å². The van der Waals surface area contributed by atoms with Gasteiger partial charge in [-0.3, -0.25) is 4.68 Å². The number of aromatic nitrogens is 4. The maximum atomic E-state index is 12.5. The van der Waals surface area contributed by atoms with Crippen molar-refractivity contribution < 1.29 is 4.79 Å². The third-order valence-electron chi connectivity index (χ3n) is 6.88. The molecule has 31 heavy (non-hydrogen) atoms. The summed E-state index contributed by atoms with van der Waals surface area (Å²) in [5, 5.41) is 19.7. The van der Waals surface area contributed by atoms with Gasteiger partial charge in [-0.2, -0.15) is 5.10 Å². The van der Waals surface area contributed by atoms with E-state index in [9.17, 15) is 4.79 Å². The first-order valence-corrected chi connectivity index (χ1v) is 11.7. The monoisotopic (exact) mass is 425 g/mol. The van der Waals surface area contributed by atoms with Crippen LogP contribution in [0.25, 0.3) is 11.4 Å². The minimum atomic E-state index is -0.00213. The number of hydrogen-bond donors (Lipinski definition) is 2. The van der Waals surface area contributed by atoms with Crippen LogP contribution in [0.15, 0.2) is 12.3 Å². The van der Waals surface area contributed by atoms with E-state index in [1.807, 2.05) is 17.8 Å². The summed E-state index contributed by atoms with van der Waals surface area (Å²) in [6.07, 6.45) is 10.9. The van der Waals surface area contributed by atoms with Crippen molar-refractivity contribution in [2.75, 3.05) is 18.0 Å². The van der Waals surface area contributed by atoms with E-state index in [1.54, 1.807) is 6.20 Å². The highest BCUT2D eigenvalue weighted by Gasteiger charge is 2.25. The van der Waals surface area contributed by atoms with Crippen LogP contribution in [0.1, 0.15) is 62.5 Å². The SMILES string of the molecule is Cc1c(-c2ccnn2C)nnc(N2CCC(NC(=O)NC3CCCCCC3)CC2)c1C. The molecule has 1 saturated heterocycles. The molecule has 0 atom stereocenters. The van der Waals surface area contributed by atoms with Crippen molar-refractivity contribution in [3.05, 3.63) is 23.4 Å². The average molecular weight is 426 g/mol. The van der Waals surface area contributed by atoms with Gasteiger partial charge in [0, 0.05) is 38.4 Å². The zero-order chi connectivity index (χ0) is 21.8. The van der Waals surface area contributed by atoms with E-state index in [0.717, 1.165) is 67.1 Å². The second-order valence-corrected chi connectivity index (χ2v) is 9.03. The summed E-state index contributed by atoms with van der Waals surface area (Å²) in [4.78, 5) is 14.7. The van der Waals surface area contributed by atoms with Gasteiger partial charge in [-0.1, -0.05) is 25.7 Å². The minimum absolute atomic E-state index is 0.00213. The Morgan fingerprint density at radius 1 is 0.935 bits per heavy atom. The van der Waals surface area contributed by atoms with Gasteiger partial charge in [0.15, 0.2) is 5.82 Å². The predicted molar refractivity (Wildman–Crippen MR) is 122 cm³/mol. The lowest BCUT2D eigenvalue weighted by Crippen LogP contribution is -2.50. The molecule has 2 fully saturated rings. The molecule has 2 N–H and O–H groups in total. The topological polar surface area (TPSA) is 88.0 Å². The molecule has 8 heteroatoms. The highest BCUT2D eigenvalue weighted by Crippen LogP contribution is 2.29. The number of carbonyl (C=O) groups excluding carboxylic acids is 1. The molecule has 0 spiro atoms. The average Bonchev–Trinajstić information content (AvgIpc) is 3.02. The molecule has 0 aromatic carbocycles. The smallest absolute Gasteiger partial charge is 0.315 e. The Morgan fingerprint density at radius 2 is 1.58 bits per heavy atom. The van der Waals surface area contributed by atoms with Crippen LogP contribution in [0.3, 0.4) is 0 Å². The van der Waals surface area contributed by atoms with Crippen molar-refractivity contribution in [1.82, 2.24) is 30.6 Å². The fourth-order valence-corrected chi connectivity index (χ4v) is 4.81. The Kier molecular flexibility index (Phi) is 6.73. The standard InChI is InChI=1S/C23H35N7O/c1-16-17(2)22(28-27-21(16)20-10-13-24-29(20)3)30-14-11-19(12-15-30)26-23(31)25-18-8-6-4-5-7-9-18/h10,13,18-19H,4-9,11-12,14-15H2,1-3H3,(H2,25,26,31). The first kappa shape index (κ1) is 21.6. The number of urea groups is 1.